The number of rotatable bonds is 2. The smallest absolute Gasteiger partial charge is 0.196 e. The van der Waals surface area contributed by atoms with Gasteiger partial charge in [0.15, 0.2) is 10.8 Å². The summed E-state index contributed by atoms with van der Waals surface area (Å²) in [5.74, 6) is 2.34. The summed E-state index contributed by atoms with van der Waals surface area (Å²) in [5.41, 5.74) is 6.75. The van der Waals surface area contributed by atoms with Crippen molar-refractivity contribution in [3.63, 3.8) is 0 Å². The van der Waals surface area contributed by atoms with Gasteiger partial charge in [0.25, 0.3) is 0 Å². The minimum Gasteiger partial charge on any atom is -0.325 e. The van der Waals surface area contributed by atoms with E-state index in [4.69, 9.17) is 5.73 Å². The summed E-state index contributed by atoms with van der Waals surface area (Å²) in [5, 5.41) is 6.33. The Morgan fingerprint density at radius 2 is 2.18 bits per heavy atom. The predicted molar refractivity (Wildman–Crippen MR) is 65.4 cm³/mol. The number of fused-ring (bicyclic) bond motifs is 1. The molecule has 0 bridgehead atoms. The van der Waals surface area contributed by atoms with E-state index in [0.29, 0.717) is 6.54 Å². The minimum atomic E-state index is 0.422. The van der Waals surface area contributed by atoms with E-state index in [1.807, 2.05) is 29.8 Å². The number of aryl methyl sites for hydroxylation is 2. The van der Waals surface area contributed by atoms with E-state index < -0.39 is 0 Å². The van der Waals surface area contributed by atoms with Crippen molar-refractivity contribution in [3.8, 4) is 5.82 Å². The molecule has 0 amide bonds. The number of imidazole rings is 1. The van der Waals surface area contributed by atoms with Crippen molar-refractivity contribution >= 4 is 16.3 Å². The first-order valence-electron chi connectivity index (χ1n) is 5.26. The highest BCUT2D eigenvalue weighted by Gasteiger charge is 2.16. The van der Waals surface area contributed by atoms with Crippen molar-refractivity contribution in [2.75, 3.05) is 0 Å². The van der Waals surface area contributed by atoms with Crippen LogP contribution in [0.3, 0.4) is 0 Å². The van der Waals surface area contributed by atoms with Crippen molar-refractivity contribution < 1.29 is 0 Å². The van der Waals surface area contributed by atoms with E-state index >= 15 is 0 Å². The molecule has 17 heavy (non-hydrogen) atoms. The summed E-state index contributed by atoms with van der Waals surface area (Å²) in [6, 6.07) is 0. The van der Waals surface area contributed by atoms with Crippen LogP contribution in [0.25, 0.3) is 10.8 Å². The van der Waals surface area contributed by atoms with Crippen LogP contribution in [0.5, 0.6) is 0 Å². The molecule has 0 spiro atoms. The van der Waals surface area contributed by atoms with Gasteiger partial charge >= 0.3 is 0 Å². The summed E-state index contributed by atoms with van der Waals surface area (Å²) in [6.45, 7) is 4.20. The first-order valence-corrected chi connectivity index (χ1v) is 6.14. The van der Waals surface area contributed by atoms with Crippen molar-refractivity contribution in [3.05, 3.63) is 28.9 Å². The average Bonchev–Trinajstić information content (AvgIpc) is 2.91. The molecule has 3 heterocycles. The van der Waals surface area contributed by atoms with Crippen LogP contribution in [0, 0.1) is 13.8 Å². The van der Waals surface area contributed by atoms with E-state index in [2.05, 4.69) is 15.1 Å². The van der Waals surface area contributed by atoms with E-state index in [1.165, 1.54) is 0 Å². The lowest BCUT2D eigenvalue weighted by Crippen LogP contribution is -2.08. The van der Waals surface area contributed by atoms with Crippen LogP contribution >= 0.6 is 11.3 Å². The molecule has 0 aliphatic rings. The molecule has 0 radical (unpaired) electrons. The SMILES string of the molecule is Cc1nc(C)n(-c2nc3sccn3c2CN)n1. The molecule has 0 aliphatic carbocycles. The zero-order chi connectivity index (χ0) is 12.0. The maximum absolute atomic E-state index is 5.80. The monoisotopic (exact) mass is 248 g/mol. The van der Waals surface area contributed by atoms with Crippen LogP contribution in [0.2, 0.25) is 0 Å². The van der Waals surface area contributed by atoms with E-state index in [9.17, 15) is 0 Å². The molecule has 6 nitrogen and oxygen atoms in total. The molecule has 7 heteroatoms. The first kappa shape index (κ1) is 10.4. The number of nitrogens with zero attached hydrogens (tertiary/aromatic N) is 5. The number of thiazole rings is 1. The Hall–Kier alpha value is -1.73. The predicted octanol–water partition coefficient (Wildman–Crippen LogP) is 1.05. The fourth-order valence-electron chi connectivity index (χ4n) is 1.90. The zero-order valence-corrected chi connectivity index (χ0v) is 10.4. The van der Waals surface area contributed by atoms with Crippen molar-refractivity contribution in [1.29, 1.82) is 0 Å². The third-order valence-electron chi connectivity index (χ3n) is 2.61. The highest BCUT2D eigenvalue weighted by atomic mass is 32.1. The standard InChI is InChI=1S/C10H12N6S/c1-6-12-7(2)16(14-6)9-8(5-11)15-3-4-17-10(15)13-9/h3-4H,5,11H2,1-2H3. The zero-order valence-electron chi connectivity index (χ0n) is 9.58. The lowest BCUT2D eigenvalue weighted by molar-refractivity contribution is 0.789. The lowest BCUT2D eigenvalue weighted by Gasteiger charge is -2.01. The van der Waals surface area contributed by atoms with Gasteiger partial charge in [-0.05, 0) is 13.8 Å². The largest absolute Gasteiger partial charge is 0.325 e. The molecule has 0 unspecified atom stereocenters. The van der Waals surface area contributed by atoms with Crippen LogP contribution in [0.1, 0.15) is 17.3 Å². The second-order valence-electron chi connectivity index (χ2n) is 3.76. The van der Waals surface area contributed by atoms with Gasteiger partial charge in [-0.15, -0.1) is 16.4 Å². The molecule has 0 aliphatic heterocycles. The molecule has 0 saturated carbocycles. The minimum absolute atomic E-state index is 0.422. The fraction of sp³-hybridized carbons (Fsp3) is 0.300. The van der Waals surface area contributed by atoms with Crippen molar-refractivity contribution in [1.82, 2.24) is 24.1 Å². The Balaban J connectivity index is 2.29. The summed E-state index contributed by atoms with van der Waals surface area (Å²) in [7, 11) is 0. The third kappa shape index (κ3) is 1.47. The van der Waals surface area contributed by atoms with E-state index in [-0.39, 0.29) is 0 Å². The normalized spacial score (nSPS) is 11.5. The maximum Gasteiger partial charge on any atom is 0.196 e. The molecule has 3 aromatic rings. The topological polar surface area (TPSA) is 74.0 Å². The van der Waals surface area contributed by atoms with Gasteiger partial charge in [-0.1, -0.05) is 0 Å². The molecular formula is C10H12N6S. The van der Waals surface area contributed by atoms with Gasteiger partial charge in [-0.25, -0.2) is 4.98 Å². The van der Waals surface area contributed by atoms with Gasteiger partial charge < -0.3 is 5.73 Å². The molecule has 88 valence electrons. The second kappa shape index (κ2) is 3.64. The number of nitrogens with two attached hydrogens (primary N) is 1. The van der Waals surface area contributed by atoms with Crippen LogP contribution in [0.15, 0.2) is 11.6 Å². The van der Waals surface area contributed by atoms with Gasteiger partial charge in [0.2, 0.25) is 0 Å². The first-order chi connectivity index (χ1) is 8.20. The van der Waals surface area contributed by atoms with Gasteiger partial charge in [-0.2, -0.15) is 9.67 Å². The van der Waals surface area contributed by atoms with Crippen LogP contribution in [-0.2, 0) is 6.54 Å². The Morgan fingerprint density at radius 3 is 2.82 bits per heavy atom. The lowest BCUT2D eigenvalue weighted by atomic mass is 10.4. The van der Waals surface area contributed by atoms with Crippen molar-refractivity contribution in [2.24, 2.45) is 5.73 Å². The summed E-state index contributed by atoms with van der Waals surface area (Å²) in [4.78, 5) is 9.76. The molecule has 0 atom stereocenters. The highest BCUT2D eigenvalue weighted by molar-refractivity contribution is 7.15. The average molecular weight is 248 g/mol. The Bertz CT molecular complexity index is 676. The molecule has 3 rings (SSSR count). The molecular weight excluding hydrogens is 236 g/mol. The Kier molecular flexibility index (Phi) is 2.23. The molecule has 0 fully saturated rings. The Labute approximate surface area is 102 Å². The van der Waals surface area contributed by atoms with Gasteiger partial charge in [0.1, 0.15) is 11.6 Å². The quantitative estimate of drug-likeness (QED) is 0.735. The summed E-state index contributed by atoms with van der Waals surface area (Å²) >= 11 is 1.58. The van der Waals surface area contributed by atoms with Gasteiger partial charge in [-0.3, -0.25) is 4.40 Å². The fourth-order valence-corrected chi connectivity index (χ4v) is 2.63. The van der Waals surface area contributed by atoms with Crippen LogP contribution < -0.4 is 5.73 Å². The van der Waals surface area contributed by atoms with Gasteiger partial charge in [0.05, 0.1) is 5.69 Å². The van der Waals surface area contributed by atoms with Crippen LogP contribution in [-0.4, -0.2) is 24.1 Å². The van der Waals surface area contributed by atoms with E-state index in [1.54, 1.807) is 16.0 Å². The molecule has 3 aromatic heterocycles. The van der Waals surface area contributed by atoms with Crippen molar-refractivity contribution in [2.45, 2.75) is 20.4 Å². The Morgan fingerprint density at radius 1 is 1.35 bits per heavy atom. The number of aromatic nitrogens is 5. The number of hydrogen-bond acceptors (Lipinski definition) is 5. The third-order valence-corrected chi connectivity index (χ3v) is 3.37. The molecule has 0 saturated heterocycles. The van der Waals surface area contributed by atoms with Gasteiger partial charge in [0, 0.05) is 18.1 Å². The highest BCUT2D eigenvalue weighted by Crippen LogP contribution is 2.20. The molecule has 2 N–H and O–H groups in total. The summed E-state index contributed by atoms with van der Waals surface area (Å²) < 4.78 is 3.74. The molecule has 0 aromatic carbocycles. The maximum atomic E-state index is 5.80. The second-order valence-corrected chi connectivity index (χ2v) is 4.63. The number of hydrogen-bond donors (Lipinski definition) is 1. The van der Waals surface area contributed by atoms with Crippen LogP contribution in [0.4, 0.5) is 0 Å². The summed E-state index contributed by atoms with van der Waals surface area (Å²) in [6.07, 6.45) is 1.97. The van der Waals surface area contributed by atoms with E-state index in [0.717, 1.165) is 28.1 Å².